The van der Waals surface area contributed by atoms with Gasteiger partial charge in [0.1, 0.15) is 9.58 Å². The maximum atomic E-state index is 12.5. The smallest absolute Gasteiger partial charge is 0.348 e. The topological polar surface area (TPSA) is 69.0 Å². The molecule has 3 aromatic rings. The summed E-state index contributed by atoms with van der Waals surface area (Å²) in [5, 5.41) is 1.90. The van der Waals surface area contributed by atoms with E-state index >= 15 is 0 Å². The van der Waals surface area contributed by atoms with Crippen LogP contribution in [-0.4, -0.2) is 38.9 Å². The van der Waals surface area contributed by atoms with Crippen molar-refractivity contribution in [2.24, 2.45) is 0 Å². The maximum Gasteiger partial charge on any atom is 0.348 e. The van der Waals surface area contributed by atoms with E-state index in [-0.39, 0.29) is 11.4 Å². The molecule has 0 unspecified atom stereocenters. The van der Waals surface area contributed by atoms with Gasteiger partial charge in [0, 0.05) is 35.0 Å². The SMILES string of the molecule is CCOC(=O)c1ccc(-c2csc3c(=O)cc(N4CCOCC4)oc23)s1. The Balaban J connectivity index is 1.75. The van der Waals surface area contributed by atoms with Gasteiger partial charge in [-0.25, -0.2) is 4.79 Å². The largest absolute Gasteiger partial charge is 0.462 e. The summed E-state index contributed by atoms with van der Waals surface area (Å²) < 4.78 is 17.1. The van der Waals surface area contributed by atoms with Gasteiger partial charge in [-0.3, -0.25) is 4.79 Å². The molecule has 0 aliphatic carbocycles. The van der Waals surface area contributed by atoms with E-state index in [4.69, 9.17) is 13.9 Å². The lowest BCUT2D eigenvalue weighted by molar-refractivity contribution is 0.0532. The quantitative estimate of drug-likeness (QED) is 0.633. The first-order chi connectivity index (χ1) is 12.7. The summed E-state index contributed by atoms with van der Waals surface area (Å²) in [4.78, 5) is 27.8. The lowest BCUT2D eigenvalue weighted by Crippen LogP contribution is -2.36. The van der Waals surface area contributed by atoms with Crippen LogP contribution in [0.2, 0.25) is 0 Å². The summed E-state index contributed by atoms with van der Waals surface area (Å²) in [7, 11) is 0. The lowest BCUT2D eigenvalue weighted by atomic mass is 10.2. The van der Waals surface area contributed by atoms with Crippen molar-refractivity contribution < 1.29 is 18.7 Å². The van der Waals surface area contributed by atoms with Crippen LogP contribution in [0.25, 0.3) is 20.7 Å². The Morgan fingerprint density at radius 1 is 1.31 bits per heavy atom. The zero-order valence-corrected chi connectivity index (χ0v) is 15.8. The third kappa shape index (κ3) is 3.15. The molecule has 6 nitrogen and oxygen atoms in total. The van der Waals surface area contributed by atoms with Gasteiger partial charge < -0.3 is 18.8 Å². The van der Waals surface area contributed by atoms with E-state index < -0.39 is 0 Å². The number of anilines is 1. The summed E-state index contributed by atoms with van der Waals surface area (Å²) in [6, 6.07) is 5.15. The molecule has 4 rings (SSSR count). The van der Waals surface area contributed by atoms with E-state index in [9.17, 15) is 9.59 Å². The van der Waals surface area contributed by atoms with Crippen LogP contribution in [0.5, 0.6) is 0 Å². The molecule has 1 saturated heterocycles. The van der Waals surface area contributed by atoms with Gasteiger partial charge in [0.05, 0.1) is 19.8 Å². The van der Waals surface area contributed by atoms with Crippen LogP contribution >= 0.6 is 22.7 Å². The molecule has 8 heteroatoms. The number of carbonyl (C=O) groups is 1. The number of nitrogens with zero attached hydrogens (tertiary/aromatic N) is 1. The number of esters is 1. The van der Waals surface area contributed by atoms with Crippen molar-refractivity contribution in [2.75, 3.05) is 37.8 Å². The predicted molar refractivity (Wildman–Crippen MR) is 103 cm³/mol. The normalized spacial score (nSPS) is 14.7. The summed E-state index contributed by atoms with van der Waals surface area (Å²) in [6.45, 7) is 4.74. The monoisotopic (exact) mass is 391 g/mol. The second kappa shape index (κ2) is 7.22. The number of carbonyl (C=O) groups excluding carboxylic acids is 1. The van der Waals surface area contributed by atoms with Gasteiger partial charge in [0.15, 0.2) is 11.5 Å². The van der Waals surface area contributed by atoms with Crippen LogP contribution in [0.1, 0.15) is 16.6 Å². The summed E-state index contributed by atoms with van der Waals surface area (Å²) in [5.74, 6) is 0.228. The summed E-state index contributed by atoms with van der Waals surface area (Å²) in [5.41, 5.74) is 1.35. The fraction of sp³-hybridized carbons (Fsp3) is 0.333. The van der Waals surface area contributed by atoms with Crippen molar-refractivity contribution in [1.29, 1.82) is 0 Å². The lowest BCUT2D eigenvalue weighted by Gasteiger charge is -2.27. The molecule has 0 saturated carbocycles. The highest BCUT2D eigenvalue weighted by molar-refractivity contribution is 7.20. The molecule has 1 aliphatic heterocycles. The van der Waals surface area contributed by atoms with Crippen molar-refractivity contribution in [3.8, 4) is 10.4 Å². The maximum absolute atomic E-state index is 12.5. The molecular weight excluding hydrogens is 374 g/mol. The van der Waals surface area contributed by atoms with Crippen LogP contribution in [-0.2, 0) is 9.47 Å². The van der Waals surface area contributed by atoms with Crippen LogP contribution in [0, 0.1) is 0 Å². The summed E-state index contributed by atoms with van der Waals surface area (Å²) in [6.07, 6.45) is 0. The van der Waals surface area contributed by atoms with Gasteiger partial charge in [0.2, 0.25) is 5.43 Å². The number of hydrogen-bond donors (Lipinski definition) is 0. The number of ether oxygens (including phenoxy) is 2. The zero-order valence-electron chi connectivity index (χ0n) is 14.1. The molecule has 0 radical (unpaired) electrons. The van der Waals surface area contributed by atoms with Crippen molar-refractivity contribution in [3.63, 3.8) is 0 Å². The predicted octanol–water partition coefficient (Wildman–Crippen LogP) is 3.60. The molecule has 3 aromatic heterocycles. The minimum Gasteiger partial charge on any atom is -0.462 e. The first kappa shape index (κ1) is 17.3. The van der Waals surface area contributed by atoms with Crippen LogP contribution in [0.4, 0.5) is 5.88 Å². The third-order valence-corrected chi connectivity index (χ3v) is 6.18. The van der Waals surface area contributed by atoms with Crippen molar-refractivity contribution in [3.05, 3.63) is 38.7 Å². The molecule has 0 spiro atoms. The number of fused-ring (bicyclic) bond motifs is 1. The highest BCUT2D eigenvalue weighted by atomic mass is 32.1. The molecule has 26 heavy (non-hydrogen) atoms. The Labute approximate surface area is 157 Å². The van der Waals surface area contributed by atoms with E-state index in [0.29, 0.717) is 54.0 Å². The minimum atomic E-state index is -0.334. The van der Waals surface area contributed by atoms with E-state index in [0.717, 1.165) is 10.4 Å². The van der Waals surface area contributed by atoms with E-state index in [2.05, 4.69) is 0 Å². The van der Waals surface area contributed by atoms with Gasteiger partial charge in [-0.05, 0) is 19.1 Å². The van der Waals surface area contributed by atoms with Gasteiger partial charge in [-0.15, -0.1) is 22.7 Å². The average Bonchev–Trinajstić information content (AvgIpc) is 3.29. The molecule has 0 N–H and O–H groups in total. The van der Waals surface area contributed by atoms with Crippen LogP contribution < -0.4 is 10.3 Å². The molecule has 0 bridgehead atoms. The fourth-order valence-corrected chi connectivity index (χ4v) is 4.73. The van der Waals surface area contributed by atoms with E-state index in [1.165, 1.54) is 22.7 Å². The Kier molecular flexibility index (Phi) is 4.80. The third-order valence-electron chi connectivity index (χ3n) is 4.10. The summed E-state index contributed by atoms with van der Waals surface area (Å²) >= 11 is 2.70. The molecule has 0 atom stereocenters. The van der Waals surface area contributed by atoms with Gasteiger partial charge >= 0.3 is 5.97 Å². The minimum absolute atomic E-state index is 0.0498. The zero-order chi connectivity index (χ0) is 18.1. The number of morpholine rings is 1. The van der Waals surface area contributed by atoms with Crippen molar-refractivity contribution in [1.82, 2.24) is 0 Å². The van der Waals surface area contributed by atoms with Crippen molar-refractivity contribution >= 4 is 44.8 Å². The molecule has 1 fully saturated rings. The van der Waals surface area contributed by atoms with E-state index in [1.807, 2.05) is 16.3 Å². The van der Waals surface area contributed by atoms with E-state index in [1.54, 1.807) is 19.1 Å². The molecule has 1 aliphatic rings. The van der Waals surface area contributed by atoms with Gasteiger partial charge in [-0.1, -0.05) is 0 Å². The second-order valence-corrected chi connectivity index (χ2v) is 7.70. The Bertz CT molecular complexity index is 997. The van der Waals surface area contributed by atoms with Crippen molar-refractivity contribution in [2.45, 2.75) is 6.92 Å². The fourth-order valence-electron chi connectivity index (χ4n) is 2.83. The first-order valence-corrected chi connectivity index (χ1v) is 10.0. The first-order valence-electron chi connectivity index (χ1n) is 8.32. The second-order valence-electron chi connectivity index (χ2n) is 5.74. The number of rotatable bonds is 4. The van der Waals surface area contributed by atoms with Gasteiger partial charge in [0.25, 0.3) is 0 Å². The molecule has 136 valence electrons. The highest BCUT2D eigenvalue weighted by Gasteiger charge is 2.20. The molecule has 0 amide bonds. The highest BCUT2D eigenvalue weighted by Crippen LogP contribution is 2.38. The van der Waals surface area contributed by atoms with Crippen LogP contribution in [0.3, 0.4) is 0 Å². The molecule has 0 aromatic carbocycles. The number of thiophene rings is 2. The Hall–Kier alpha value is -2.16. The Morgan fingerprint density at radius 3 is 2.88 bits per heavy atom. The van der Waals surface area contributed by atoms with Crippen LogP contribution in [0.15, 0.2) is 32.8 Å². The average molecular weight is 391 g/mol. The number of hydrogen-bond acceptors (Lipinski definition) is 8. The standard InChI is InChI=1S/C18H17NO5S2/c1-2-23-18(21)14-4-3-13(26-14)11-10-25-17-12(20)9-15(24-16(11)17)19-5-7-22-8-6-19/h3-4,9-10H,2,5-8H2,1H3. The van der Waals surface area contributed by atoms with Gasteiger partial charge in [-0.2, -0.15) is 0 Å². The Morgan fingerprint density at radius 2 is 2.12 bits per heavy atom. The molecule has 4 heterocycles. The molecular formula is C18H17NO5S2.